The lowest BCUT2D eigenvalue weighted by Gasteiger charge is -2.15. The van der Waals surface area contributed by atoms with E-state index in [9.17, 15) is 5.26 Å². The van der Waals surface area contributed by atoms with Crippen LogP contribution in [-0.4, -0.2) is 12.4 Å². The fourth-order valence-corrected chi connectivity index (χ4v) is 2.22. The maximum Gasteiger partial charge on any atom is 0.122 e. The lowest BCUT2D eigenvalue weighted by molar-refractivity contribution is 1.01. The van der Waals surface area contributed by atoms with E-state index < -0.39 is 0 Å². The quantitative estimate of drug-likeness (QED) is 0.166. The Labute approximate surface area is 166 Å². The highest BCUT2D eigenvalue weighted by Crippen LogP contribution is 2.15. The number of anilines is 1. The van der Waals surface area contributed by atoms with Crippen LogP contribution in [0.1, 0.15) is 20.3 Å². The predicted molar refractivity (Wildman–Crippen MR) is 118 cm³/mol. The topological polar surface area (TPSA) is 60.2 Å². The molecule has 0 aliphatic heterocycles. The van der Waals surface area contributed by atoms with Crippen molar-refractivity contribution in [3.8, 4) is 6.07 Å². The van der Waals surface area contributed by atoms with Gasteiger partial charge in [-0.15, -0.1) is 25.3 Å². The number of nitrogens with one attached hydrogen (secondary N) is 2. The van der Waals surface area contributed by atoms with Gasteiger partial charge < -0.3 is 10.6 Å². The molecule has 0 aromatic heterocycles. The van der Waals surface area contributed by atoms with Crippen molar-refractivity contribution in [2.75, 3.05) is 11.9 Å². The maximum atomic E-state index is 9.26. The third kappa shape index (κ3) is 8.15. The van der Waals surface area contributed by atoms with Gasteiger partial charge in [-0.05, 0) is 37.3 Å². The van der Waals surface area contributed by atoms with Crippen LogP contribution < -0.4 is 10.6 Å². The number of aliphatic imine (C=N–C) groups is 1. The zero-order valence-corrected chi connectivity index (χ0v) is 16.8. The molecule has 0 spiro atoms. The highest BCUT2D eigenvalue weighted by Gasteiger charge is 2.06. The number of hydrogen-bond acceptors (Lipinski definition) is 5. The SMILES string of the molecule is C=C/C=C(S)\C=C/CN=C(CC)N/C(Nc1ccc(S)cc1)=C(\C)C#N. The molecule has 136 valence electrons. The zero-order valence-electron chi connectivity index (χ0n) is 15.0. The van der Waals surface area contributed by atoms with Crippen molar-refractivity contribution in [1.82, 2.24) is 5.32 Å². The van der Waals surface area contributed by atoms with Gasteiger partial charge in [-0.2, -0.15) is 5.26 Å². The largest absolute Gasteiger partial charge is 0.341 e. The highest BCUT2D eigenvalue weighted by atomic mass is 32.1. The number of nitriles is 1. The van der Waals surface area contributed by atoms with Crippen LogP contribution in [0.5, 0.6) is 0 Å². The normalized spacial score (nSPS) is 13.2. The van der Waals surface area contributed by atoms with Crippen LogP contribution in [0, 0.1) is 11.3 Å². The highest BCUT2D eigenvalue weighted by molar-refractivity contribution is 7.84. The minimum absolute atomic E-state index is 0.512. The number of rotatable bonds is 8. The van der Waals surface area contributed by atoms with E-state index in [1.54, 1.807) is 19.1 Å². The fourth-order valence-electron chi connectivity index (χ4n) is 1.86. The maximum absolute atomic E-state index is 9.26. The summed E-state index contributed by atoms with van der Waals surface area (Å²) >= 11 is 8.57. The van der Waals surface area contributed by atoms with Gasteiger partial charge in [0, 0.05) is 21.9 Å². The molecule has 0 saturated carbocycles. The van der Waals surface area contributed by atoms with E-state index in [0.29, 0.717) is 24.4 Å². The molecule has 0 aliphatic carbocycles. The molecule has 6 heteroatoms. The van der Waals surface area contributed by atoms with Gasteiger partial charge in [-0.25, -0.2) is 0 Å². The summed E-state index contributed by atoms with van der Waals surface area (Å²) in [6, 6.07) is 9.74. The summed E-state index contributed by atoms with van der Waals surface area (Å²) in [5.74, 6) is 1.40. The second kappa shape index (κ2) is 12.1. The number of allylic oxidation sites excluding steroid dienone is 4. The Morgan fingerprint density at radius 3 is 2.62 bits per heavy atom. The summed E-state index contributed by atoms with van der Waals surface area (Å²) in [4.78, 5) is 6.22. The molecule has 0 fully saturated rings. The van der Waals surface area contributed by atoms with Crippen LogP contribution >= 0.6 is 25.3 Å². The van der Waals surface area contributed by atoms with Crippen LogP contribution in [0.2, 0.25) is 0 Å². The summed E-state index contributed by atoms with van der Waals surface area (Å²) in [7, 11) is 0. The molecule has 4 nitrogen and oxygen atoms in total. The summed E-state index contributed by atoms with van der Waals surface area (Å²) in [5.41, 5.74) is 1.41. The van der Waals surface area contributed by atoms with Crippen LogP contribution in [0.3, 0.4) is 0 Å². The van der Waals surface area contributed by atoms with Gasteiger partial charge in [0.1, 0.15) is 11.7 Å². The standard InChI is InChI=1S/C20H24N4S2/c1-4-7-17(25)8-6-13-22-19(5-2)24-20(15(3)14-21)23-16-9-11-18(26)12-10-16/h4,6-12,23,25-26H,1,5,13H2,2-3H3,(H,22,24)/b8-6-,17-7+,20-15+. The molecule has 1 aromatic rings. The van der Waals surface area contributed by atoms with Crippen molar-refractivity contribution in [1.29, 1.82) is 5.26 Å². The van der Waals surface area contributed by atoms with Gasteiger partial charge in [0.05, 0.1) is 18.2 Å². The lowest BCUT2D eigenvalue weighted by atomic mass is 10.2. The molecule has 0 saturated heterocycles. The van der Waals surface area contributed by atoms with Gasteiger partial charge in [0.15, 0.2) is 0 Å². The second-order valence-electron chi connectivity index (χ2n) is 5.28. The van der Waals surface area contributed by atoms with Crippen molar-refractivity contribution in [3.63, 3.8) is 0 Å². The Morgan fingerprint density at radius 2 is 2.04 bits per heavy atom. The molecule has 2 N–H and O–H groups in total. The molecule has 0 unspecified atom stereocenters. The molecule has 1 aromatic carbocycles. The fraction of sp³-hybridized carbons (Fsp3) is 0.200. The summed E-state index contributed by atoms with van der Waals surface area (Å²) in [6.45, 7) is 7.90. The van der Waals surface area contributed by atoms with Crippen LogP contribution in [0.25, 0.3) is 0 Å². The number of amidine groups is 1. The van der Waals surface area contributed by atoms with Crippen LogP contribution in [0.4, 0.5) is 5.69 Å². The van der Waals surface area contributed by atoms with Crippen molar-refractivity contribution in [3.05, 3.63) is 71.4 Å². The summed E-state index contributed by atoms with van der Waals surface area (Å²) in [6.07, 6.45) is 7.99. The Kier molecular flexibility index (Phi) is 10.1. The van der Waals surface area contributed by atoms with Gasteiger partial charge in [0.2, 0.25) is 0 Å². The van der Waals surface area contributed by atoms with Crippen molar-refractivity contribution >= 4 is 36.8 Å². The summed E-state index contributed by atoms with van der Waals surface area (Å²) in [5, 5.41) is 15.7. The van der Waals surface area contributed by atoms with E-state index in [-0.39, 0.29) is 0 Å². The first-order valence-electron chi connectivity index (χ1n) is 8.15. The first-order chi connectivity index (χ1) is 12.5. The molecule has 1 rings (SSSR count). The number of nitrogens with zero attached hydrogens (tertiary/aromatic N) is 2. The minimum atomic E-state index is 0.512. The molecule has 26 heavy (non-hydrogen) atoms. The molecule has 0 aliphatic rings. The van der Waals surface area contributed by atoms with E-state index in [1.807, 2.05) is 43.3 Å². The number of benzene rings is 1. The molecular weight excluding hydrogens is 360 g/mol. The lowest BCUT2D eigenvalue weighted by Crippen LogP contribution is -2.28. The molecule has 0 bridgehead atoms. The van der Waals surface area contributed by atoms with Gasteiger partial charge in [0.25, 0.3) is 0 Å². The number of hydrogen-bond donors (Lipinski definition) is 4. The Bertz CT molecular complexity index is 766. The van der Waals surface area contributed by atoms with E-state index in [2.05, 4.69) is 53.5 Å². The van der Waals surface area contributed by atoms with Crippen LogP contribution in [0.15, 0.2) is 81.3 Å². The van der Waals surface area contributed by atoms with Gasteiger partial charge in [-0.1, -0.05) is 31.7 Å². The summed E-state index contributed by atoms with van der Waals surface area (Å²) < 4.78 is 0. The van der Waals surface area contributed by atoms with E-state index in [1.165, 1.54) is 0 Å². The average molecular weight is 385 g/mol. The minimum Gasteiger partial charge on any atom is -0.341 e. The number of thiol groups is 2. The molecular formula is C20H24N4S2. The van der Waals surface area contributed by atoms with Gasteiger partial charge in [-0.3, -0.25) is 4.99 Å². The van der Waals surface area contributed by atoms with Gasteiger partial charge >= 0.3 is 0 Å². The third-order valence-corrected chi connectivity index (χ3v) is 3.84. The van der Waals surface area contributed by atoms with Crippen LogP contribution in [-0.2, 0) is 0 Å². The third-order valence-electron chi connectivity index (χ3n) is 3.25. The first kappa shape index (κ1) is 21.7. The monoisotopic (exact) mass is 384 g/mol. The molecule has 0 atom stereocenters. The predicted octanol–water partition coefficient (Wildman–Crippen LogP) is 5.10. The smallest absolute Gasteiger partial charge is 0.122 e. The Morgan fingerprint density at radius 1 is 1.35 bits per heavy atom. The molecule has 0 radical (unpaired) electrons. The van der Waals surface area contributed by atoms with Crippen molar-refractivity contribution in [2.24, 2.45) is 4.99 Å². The van der Waals surface area contributed by atoms with E-state index in [4.69, 9.17) is 0 Å². The Hall–Kier alpha value is -2.36. The molecule has 0 amide bonds. The molecule has 0 heterocycles. The second-order valence-corrected chi connectivity index (χ2v) is 6.31. The first-order valence-corrected chi connectivity index (χ1v) is 9.05. The average Bonchev–Trinajstić information content (AvgIpc) is 2.64. The Balaban J connectivity index is 2.86. The van der Waals surface area contributed by atoms with E-state index in [0.717, 1.165) is 21.3 Å². The van der Waals surface area contributed by atoms with Crippen molar-refractivity contribution in [2.45, 2.75) is 25.2 Å². The van der Waals surface area contributed by atoms with E-state index >= 15 is 0 Å². The van der Waals surface area contributed by atoms with Crippen molar-refractivity contribution < 1.29 is 0 Å². The zero-order chi connectivity index (χ0) is 19.4.